The number of alkyl halides is 3. The molecular weight excluding hydrogens is 541 g/mol. The SMILES string of the molecule is O=P(O)(O)CCCNCc1ccc(SCCCCC2(c3ccc(F)cc3)CCCCC2)c(OC(F)(F)F)c1. The highest BCUT2D eigenvalue weighted by molar-refractivity contribution is 7.99. The van der Waals surface area contributed by atoms with E-state index < -0.39 is 14.0 Å². The zero-order valence-corrected chi connectivity index (χ0v) is 23.0. The normalized spacial score (nSPS) is 15.9. The maximum atomic E-state index is 13.5. The minimum Gasteiger partial charge on any atom is -0.405 e. The second-order valence-electron chi connectivity index (χ2n) is 9.90. The lowest BCUT2D eigenvalue weighted by molar-refractivity contribution is -0.275. The summed E-state index contributed by atoms with van der Waals surface area (Å²) in [6, 6.07) is 11.5. The molecule has 1 saturated carbocycles. The van der Waals surface area contributed by atoms with Crippen molar-refractivity contribution < 1.29 is 36.7 Å². The third-order valence-corrected chi connectivity index (χ3v) is 8.98. The maximum absolute atomic E-state index is 13.5. The Balaban J connectivity index is 1.54. The number of benzene rings is 2. The molecule has 0 aromatic heterocycles. The maximum Gasteiger partial charge on any atom is 0.573 e. The van der Waals surface area contributed by atoms with Crippen LogP contribution < -0.4 is 10.1 Å². The van der Waals surface area contributed by atoms with E-state index >= 15 is 0 Å². The fourth-order valence-corrected chi connectivity index (χ4v) is 6.64. The minimum absolute atomic E-state index is 0.0428. The number of halogens is 4. The lowest BCUT2D eigenvalue weighted by atomic mass is 9.67. The van der Waals surface area contributed by atoms with E-state index in [0.717, 1.165) is 44.9 Å². The smallest absolute Gasteiger partial charge is 0.405 e. The topological polar surface area (TPSA) is 78.8 Å². The Morgan fingerprint density at radius 1 is 1.00 bits per heavy atom. The van der Waals surface area contributed by atoms with Crippen LogP contribution in [0.2, 0.25) is 0 Å². The average molecular weight is 578 g/mol. The van der Waals surface area contributed by atoms with Crippen LogP contribution in [0, 0.1) is 5.82 Å². The van der Waals surface area contributed by atoms with Gasteiger partial charge in [-0.2, -0.15) is 0 Å². The minimum atomic E-state index is -4.81. The summed E-state index contributed by atoms with van der Waals surface area (Å²) >= 11 is 1.33. The second kappa shape index (κ2) is 14.2. The van der Waals surface area contributed by atoms with Gasteiger partial charge in [-0.05, 0) is 85.2 Å². The number of unbranched alkanes of at least 4 members (excludes halogenated alkanes) is 1. The molecule has 1 aliphatic rings. The fraction of sp³-hybridized carbons (Fsp3) is 0.556. The summed E-state index contributed by atoms with van der Waals surface area (Å²) in [7, 11) is -4.06. The Labute approximate surface area is 225 Å². The summed E-state index contributed by atoms with van der Waals surface area (Å²) in [6.45, 7) is 0.586. The van der Waals surface area contributed by atoms with Crippen molar-refractivity contribution in [2.75, 3.05) is 18.5 Å². The quantitative estimate of drug-likeness (QED) is 0.0932. The van der Waals surface area contributed by atoms with Gasteiger partial charge in [0.1, 0.15) is 11.6 Å². The predicted molar refractivity (Wildman–Crippen MR) is 142 cm³/mol. The molecule has 0 unspecified atom stereocenters. The highest BCUT2D eigenvalue weighted by Gasteiger charge is 2.34. The molecule has 0 radical (unpaired) electrons. The molecule has 3 rings (SSSR count). The standard InChI is InChI=1S/C27H36F4NO4PS/c28-23-10-8-22(9-11-23)26(13-2-1-3-14-26)15-4-5-18-38-25-12-7-21(19-24(25)36-27(29,30)31)20-32-16-6-17-37(33,34)35/h7-12,19,32H,1-6,13-18,20H2,(H2,33,34,35). The van der Waals surface area contributed by atoms with Gasteiger partial charge in [0.25, 0.3) is 0 Å². The van der Waals surface area contributed by atoms with Crippen LogP contribution in [0.3, 0.4) is 0 Å². The van der Waals surface area contributed by atoms with Crippen LogP contribution >= 0.6 is 19.4 Å². The first-order valence-corrected chi connectivity index (χ1v) is 15.8. The van der Waals surface area contributed by atoms with Gasteiger partial charge in [0.2, 0.25) is 0 Å². The number of nitrogens with one attached hydrogen (secondary N) is 1. The summed E-state index contributed by atoms with van der Waals surface area (Å²) < 4.78 is 67.8. The van der Waals surface area contributed by atoms with Crippen molar-refractivity contribution in [1.82, 2.24) is 5.32 Å². The number of ether oxygens (including phenoxy) is 1. The van der Waals surface area contributed by atoms with Crippen LogP contribution in [0.1, 0.15) is 68.9 Å². The van der Waals surface area contributed by atoms with E-state index in [1.165, 1.54) is 41.9 Å². The molecule has 0 bridgehead atoms. The molecule has 2 aromatic carbocycles. The summed E-state index contributed by atoms with van der Waals surface area (Å²) in [5.74, 6) is 0.162. The zero-order valence-electron chi connectivity index (χ0n) is 21.3. The number of rotatable bonds is 14. The Morgan fingerprint density at radius 3 is 2.37 bits per heavy atom. The van der Waals surface area contributed by atoms with Crippen molar-refractivity contribution in [3.05, 3.63) is 59.4 Å². The number of thioether (sulfide) groups is 1. The van der Waals surface area contributed by atoms with Gasteiger partial charge in [-0.15, -0.1) is 24.9 Å². The van der Waals surface area contributed by atoms with Crippen LogP contribution in [0.4, 0.5) is 17.6 Å². The predicted octanol–water partition coefficient (Wildman–Crippen LogP) is 7.55. The Bertz CT molecular complexity index is 1060. The van der Waals surface area contributed by atoms with Gasteiger partial charge in [-0.3, -0.25) is 4.57 Å². The summed E-state index contributed by atoms with van der Waals surface area (Å²) in [5, 5.41) is 2.99. The number of hydrogen-bond donors (Lipinski definition) is 3. The molecule has 11 heteroatoms. The third-order valence-electron chi connectivity index (χ3n) is 6.94. The molecule has 0 spiro atoms. The summed E-state index contributed by atoms with van der Waals surface area (Å²) in [5.41, 5.74) is 1.81. The van der Waals surface area contributed by atoms with Gasteiger partial charge in [0.05, 0.1) is 6.16 Å². The number of hydrogen-bond acceptors (Lipinski definition) is 4. The zero-order chi connectivity index (χ0) is 27.7. The van der Waals surface area contributed by atoms with Gasteiger partial charge >= 0.3 is 14.0 Å². The van der Waals surface area contributed by atoms with Gasteiger partial charge in [0.15, 0.2) is 0 Å². The molecule has 3 N–H and O–H groups in total. The molecule has 2 aromatic rings. The molecule has 1 aliphatic carbocycles. The fourth-order valence-electron chi connectivity index (χ4n) is 5.09. The molecule has 0 heterocycles. The van der Waals surface area contributed by atoms with Crippen molar-refractivity contribution in [3.63, 3.8) is 0 Å². The van der Waals surface area contributed by atoms with Crippen LogP contribution in [0.5, 0.6) is 5.75 Å². The van der Waals surface area contributed by atoms with E-state index in [0.29, 0.717) is 22.8 Å². The largest absolute Gasteiger partial charge is 0.573 e. The van der Waals surface area contributed by atoms with Gasteiger partial charge in [0, 0.05) is 11.4 Å². The molecule has 5 nitrogen and oxygen atoms in total. The van der Waals surface area contributed by atoms with Crippen LogP contribution in [-0.4, -0.2) is 34.6 Å². The van der Waals surface area contributed by atoms with Crippen molar-refractivity contribution in [3.8, 4) is 5.75 Å². The lowest BCUT2D eigenvalue weighted by Crippen LogP contribution is -2.29. The van der Waals surface area contributed by atoms with E-state index in [1.54, 1.807) is 12.1 Å². The summed E-state index contributed by atoms with van der Waals surface area (Å²) in [4.78, 5) is 18.2. The molecule has 0 atom stereocenters. The lowest BCUT2D eigenvalue weighted by Gasteiger charge is -2.38. The van der Waals surface area contributed by atoms with Crippen molar-refractivity contribution in [2.45, 2.75) is 81.0 Å². The molecule has 0 amide bonds. The Kier molecular flexibility index (Phi) is 11.5. The highest BCUT2D eigenvalue weighted by atomic mass is 32.2. The molecule has 212 valence electrons. The van der Waals surface area contributed by atoms with Gasteiger partial charge < -0.3 is 19.8 Å². The molecular formula is C27H36F4NO4PS. The van der Waals surface area contributed by atoms with Gasteiger partial charge in [-0.25, -0.2) is 4.39 Å². The molecule has 38 heavy (non-hydrogen) atoms. The molecule has 1 fully saturated rings. The Morgan fingerprint density at radius 2 is 1.71 bits per heavy atom. The summed E-state index contributed by atoms with van der Waals surface area (Å²) in [6.07, 6.45) is 3.58. The average Bonchev–Trinajstić information content (AvgIpc) is 2.84. The van der Waals surface area contributed by atoms with Crippen molar-refractivity contribution >= 4 is 19.4 Å². The van der Waals surface area contributed by atoms with E-state index in [4.69, 9.17) is 9.79 Å². The van der Waals surface area contributed by atoms with E-state index in [-0.39, 0.29) is 36.1 Å². The van der Waals surface area contributed by atoms with Crippen molar-refractivity contribution in [1.29, 1.82) is 0 Å². The first kappa shape index (κ1) is 31.0. The molecule has 0 saturated heterocycles. The van der Waals surface area contributed by atoms with Crippen LogP contribution in [0.15, 0.2) is 47.4 Å². The van der Waals surface area contributed by atoms with E-state index in [9.17, 15) is 22.1 Å². The third kappa shape index (κ3) is 10.5. The van der Waals surface area contributed by atoms with E-state index in [2.05, 4.69) is 10.1 Å². The van der Waals surface area contributed by atoms with E-state index in [1.807, 2.05) is 12.1 Å². The van der Waals surface area contributed by atoms with Gasteiger partial charge in [-0.1, -0.05) is 43.9 Å². The molecule has 0 aliphatic heterocycles. The van der Waals surface area contributed by atoms with Crippen LogP contribution in [-0.2, 0) is 16.5 Å². The Hall–Kier alpha value is -1.58. The second-order valence-corrected chi connectivity index (χ2v) is 12.8. The highest BCUT2D eigenvalue weighted by Crippen LogP contribution is 2.44. The van der Waals surface area contributed by atoms with Crippen LogP contribution in [0.25, 0.3) is 0 Å². The van der Waals surface area contributed by atoms with Crippen molar-refractivity contribution in [2.24, 2.45) is 0 Å². The first-order chi connectivity index (χ1) is 18.0. The first-order valence-electron chi connectivity index (χ1n) is 13.0. The monoisotopic (exact) mass is 577 g/mol.